The van der Waals surface area contributed by atoms with Crippen molar-refractivity contribution >= 4 is 76.2 Å². The number of fused-ring (bicyclic) bond motifs is 6. The Morgan fingerprint density at radius 2 is 1.38 bits per heavy atom. The zero-order valence-electron chi connectivity index (χ0n) is 14.9. The molecule has 4 aromatic heterocycles. The van der Waals surface area contributed by atoms with Crippen molar-refractivity contribution < 1.29 is 8.83 Å². The minimum Gasteiger partial charge on any atom is -0.438 e. The maximum Gasteiger partial charge on any atom is 0.231 e. The lowest BCUT2D eigenvalue weighted by Crippen LogP contribution is -2.04. The zero-order chi connectivity index (χ0) is 19.5. The number of anilines is 1. The maximum absolute atomic E-state index is 8.40. The summed E-state index contributed by atoms with van der Waals surface area (Å²) in [6.45, 7) is 0. The molecule has 4 heterocycles. The molecule has 0 fully saturated rings. The number of benzene rings is 2. The van der Waals surface area contributed by atoms with Crippen LogP contribution in [-0.4, -0.2) is 0 Å². The summed E-state index contributed by atoms with van der Waals surface area (Å²) in [6, 6.07) is 15.6. The molecule has 5 nitrogen and oxygen atoms in total. The third-order valence-corrected chi connectivity index (χ3v) is 6.69. The number of hydrogen-bond acceptors (Lipinski definition) is 7. The Morgan fingerprint density at radius 3 is 2.14 bits per heavy atom. The van der Waals surface area contributed by atoms with Gasteiger partial charge in [-0.15, -0.1) is 22.7 Å². The number of nitrogen functional groups attached to an aromatic ring is 1. The fraction of sp³-hybridized carbons (Fsp3) is 0. The SMILES string of the molecule is N=c1oc2ccccc2c2csc(/N=c3/oc4ccccc4c4csc(N)c34)c12. The molecule has 0 amide bonds. The van der Waals surface area contributed by atoms with Gasteiger partial charge in [-0.25, -0.2) is 4.99 Å². The molecule has 140 valence electrons. The van der Waals surface area contributed by atoms with Gasteiger partial charge in [0.15, 0.2) is 0 Å². The fourth-order valence-electron chi connectivity index (χ4n) is 3.68. The normalized spacial score (nSPS) is 12.6. The summed E-state index contributed by atoms with van der Waals surface area (Å²) in [4.78, 5) is 4.81. The Hall–Kier alpha value is -3.42. The van der Waals surface area contributed by atoms with Crippen LogP contribution in [0.2, 0.25) is 0 Å². The number of para-hydroxylation sites is 2. The first-order valence-electron chi connectivity index (χ1n) is 8.91. The van der Waals surface area contributed by atoms with E-state index in [1.807, 2.05) is 59.3 Å². The highest BCUT2D eigenvalue weighted by Crippen LogP contribution is 2.36. The lowest BCUT2D eigenvalue weighted by molar-refractivity contribution is 0.542. The minimum atomic E-state index is 0.0917. The van der Waals surface area contributed by atoms with E-state index in [1.165, 1.54) is 22.7 Å². The summed E-state index contributed by atoms with van der Waals surface area (Å²) in [5, 5.41) is 19.2. The van der Waals surface area contributed by atoms with Gasteiger partial charge >= 0.3 is 0 Å². The van der Waals surface area contributed by atoms with E-state index in [0.717, 1.165) is 32.5 Å². The average molecular weight is 415 g/mol. The van der Waals surface area contributed by atoms with Crippen LogP contribution in [0.5, 0.6) is 0 Å². The van der Waals surface area contributed by atoms with Crippen molar-refractivity contribution in [3.8, 4) is 0 Å². The molecule has 3 N–H and O–H groups in total. The molecule has 0 radical (unpaired) electrons. The third-order valence-electron chi connectivity index (χ3n) is 5.01. The van der Waals surface area contributed by atoms with Crippen LogP contribution >= 0.6 is 22.7 Å². The van der Waals surface area contributed by atoms with Gasteiger partial charge in [-0.3, -0.25) is 5.41 Å². The van der Waals surface area contributed by atoms with E-state index in [9.17, 15) is 0 Å². The first-order chi connectivity index (χ1) is 14.2. The van der Waals surface area contributed by atoms with Crippen LogP contribution in [0.3, 0.4) is 0 Å². The standard InChI is InChI=1S/C22H13N3O2S2/c23-19-17-13(11-5-1-3-7-15(11)26-19)10-29-22(17)25-21-18-14(9-28-20(18)24)12-6-2-4-8-16(12)27-21/h1-10,23H,24H2/b23-19?,25-21+. The molecule has 0 bridgehead atoms. The number of nitrogens with zero attached hydrogens (tertiary/aromatic N) is 1. The van der Waals surface area contributed by atoms with Crippen LogP contribution in [0.1, 0.15) is 0 Å². The Morgan fingerprint density at radius 1 is 0.759 bits per heavy atom. The van der Waals surface area contributed by atoms with Gasteiger partial charge in [-0.05, 0) is 12.1 Å². The highest BCUT2D eigenvalue weighted by atomic mass is 32.1. The molecule has 0 aliphatic carbocycles. The molecular formula is C22H13N3O2S2. The summed E-state index contributed by atoms with van der Waals surface area (Å²) in [7, 11) is 0. The van der Waals surface area contributed by atoms with Crippen LogP contribution in [0.25, 0.3) is 43.5 Å². The molecule has 0 aliphatic heterocycles. The molecule has 2 aromatic carbocycles. The molecule has 6 rings (SSSR count). The highest BCUT2D eigenvalue weighted by molar-refractivity contribution is 7.16. The van der Waals surface area contributed by atoms with Crippen molar-refractivity contribution in [2.24, 2.45) is 4.99 Å². The van der Waals surface area contributed by atoms with Gasteiger partial charge in [0.1, 0.15) is 16.2 Å². The molecule has 0 saturated carbocycles. The van der Waals surface area contributed by atoms with Crippen molar-refractivity contribution in [1.29, 1.82) is 5.41 Å². The Bertz CT molecular complexity index is 1700. The number of rotatable bonds is 1. The molecule has 6 aromatic rings. The second-order valence-corrected chi connectivity index (χ2v) is 8.43. The van der Waals surface area contributed by atoms with Crippen LogP contribution in [0, 0.1) is 5.41 Å². The molecule has 0 saturated heterocycles. The zero-order valence-corrected chi connectivity index (χ0v) is 16.6. The van der Waals surface area contributed by atoms with Gasteiger partial charge in [0.25, 0.3) is 0 Å². The maximum atomic E-state index is 8.40. The largest absolute Gasteiger partial charge is 0.438 e. The van der Waals surface area contributed by atoms with Crippen molar-refractivity contribution in [3.63, 3.8) is 0 Å². The van der Waals surface area contributed by atoms with Crippen LogP contribution in [-0.2, 0) is 0 Å². The van der Waals surface area contributed by atoms with Crippen molar-refractivity contribution in [3.05, 3.63) is 70.4 Å². The third kappa shape index (κ3) is 2.38. The summed E-state index contributed by atoms with van der Waals surface area (Å²) in [5.74, 6) is 0. The second kappa shape index (κ2) is 6.04. The Balaban J connectivity index is 1.75. The van der Waals surface area contributed by atoms with E-state index in [-0.39, 0.29) is 5.55 Å². The van der Waals surface area contributed by atoms with E-state index < -0.39 is 0 Å². The van der Waals surface area contributed by atoms with Gasteiger partial charge < -0.3 is 14.6 Å². The Kier molecular flexibility index (Phi) is 3.44. The van der Waals surface area contributed by atoms with Crippen LogP contribution in [0.15, 0.2) is 73.1 Å². The van der Waals surface area contributed by atoms with E-state index in [0.29, 0.717) is 26.5 Å². The number of nitrogens with two attached hydrogens (primary N) is 1. The van der Waals surface area contributed by atoms with E-state index in [1.54, 1.807) is 0 Å². The molecule has 0 atom stereocenters. The van der Waals surface area contributed by atoms with E-state index >= 15 is 0 Å². The van der Waals surface area contributed by atoms with Gasteiger partial charge in [-0.2, -0.15) is 0 Å². The molecule has 29 heavy (non-hydrogen) atoms. The van der Waals surface area contributed by atoms with E-state index in [4.69, 9.17) is 25.0 Å². The van der Waals surface area contributed by atoms with Crippen molar-refractivity contribution in [2.75, 3.05) is 5.73 Å². The fourth-order valence-corrected chi connectivity index (χ4v) is 5.42. The first-order valence-corrected chi connectivity index (χ1v) is 10.7. The lowest BCUT2D eigenvalue weighted by Gasteiger charge is -2.01. The van der Waals surface area contributed by atoms with Crippen LogP contribution < -0.4 is 16.8 Å². The molecule has 7 heteroatoms. The van der Waals surface area contributed by atoms with Gasteiger partial charge in [0.2, 0.25) is 11.1 Å². The highest BCUT2D eigenvalue weighted by Gasteiger charge is 2.14. The summed E-state index contributed by atoms with van der Waals surface area (Å²) in [5.41, 5.74) is 8.24. The van der Waals surface area contributed by atoms with Crippen molar-refractivity contribution in [2.45, 2.75) is 0 Å². The molecule has 0 spiro atoms. The number of hydrogen-bond donors (Lipinski definition) is 2. The van der Waals surface area contributed by atoms with Gasteiger partial charge in [0.05, 0.1) is 15.8 Å². The average Bonchev–Trinajstić information content (AvgIpc) is 3.33. The van der Waals surface area contributed by atoms with Gasteiger partial charge in [0, 0.05) is 32.3 Å². The molecular weight excluding hydrogens is 402 g/mol. The summed E-state index contributed by atoms with van der Waals surface area (Å²) in [6.07, 6.45) is 0. The number of thiophene rings is 2. The molecule has 0 aliphatic rings. The summed E-state index contributed by atoms with van der Waals surface area (Å²) >= 11 is 2.94. The lowest BCUT2D eigenvalue weighted by atomic mass is 10.1. The predicted octanol–water partition coefficient (Wildman–Crippen LogP) is 5.90. The van der Waals surface area contributed by atoms with Gasteiger partial charge in [-0.1, -0.05) is 36.4 Å². The topological polar surface area (TPSA) is 88.5 Å². The number of nitrogens with one attached hydrogen (secondary N) is 1. The van der Waals surface area contributed by atoms with Crippen LogP contribution in [0.4, 0.5) is 10.0 Å². The minimum absolute atomic E-state index is 0.0917. The molecule has 0 unspecified atom stereocenters. The quantitative estimate of drug-likeness (QED) is 0.350. The smallest absolute Gasteiger partial charge is 0.231 e. The van der Waals surface area contributed by atoms with E-state index in [2.05, 4.69) is 0 Å². The monoisotopic (exact) mass is 415 g/mol. The summed E-state index contributed by atoms with van der Waals surface area (Å²) < 4.78 is 11.9. The van der Waals surface area contributed by atoms with Crippen molar-refractivity contribution in [1.82, 2.24) is 0 Å². The predicted molar refractivity (Wildman–Crippen MR) is 119 cm³/mol. The second-order valence-electron chi connectivity index (χ2n) is 6.66. The first kappa shape index (κ1) is 16.5. The Labute approximate surface area is 171 Å².